The molecular formula is C18H25N5O4. The second-order valence-electron chi connectivity index (χ2n) is 6.95. The van der Waals surface area contributed by atoms with Crippen molar-refractivity contribution in [1.82, 2.24) is 25.2 Å². The summed E-state index contributed by atoms with van der Waals surface area (Å²) in [5.74, 6) is 0.352. The van der Waals surface area contributed by atoms with Crippen LogP contribution in [0.4, 0.5) is 0 Å². The molecule has 0 atom stereocenters. The fourth-order valence-electron chi connectivity index (χ4n) is 3.10. The first-order chi connectivity index (χ1) is 12.9. The number of carbonyl (C=O) groups excluding carboxylic acids is 2. The molecule has 0 radical (unpaired) electrons. The van der Waals surface area contributed by atoms with Gasteiger partial charge >= 0.3 is 0 Å². The fourth-order valence-corrected chi connectivity index (χ4v) is 3.10. The number of amides is 2. The van der Waals surface area contributed by atoms with Crippen LogP contribution in [0.25, 0.3) is 0 Å². The van der Waals surface area contributed by atoms with Gasteiger partial charge in [-0.1, -0.05) is 19.0 Å². The van der Waals surface area contributed by atoms with Gasteiger partial charge in [0.2, 0.25) is 5.91 Å². The minimum absolute atomic E-state index is 0.0227. The van der Waals surface area contributed by atoms with Crippen LogP contribution >= 0.6 is 0 Å². The van der Waals surface area contributed by atoms with Crippen molar-refractivity contribution in [3.8, 4) is 0 Å². The van der Waals surface area contributed by atoms with Crippen LogP contribution in [0.2, 0.25) is 0 Å². The van der Waals surface area contributed by atoms with Gasteiger partial charge in [-0.15, -0.1) is 0 Å². The third-order valence-electron chi connectivity index (χ3n) is 4.57. The highest BCUT2D eigenvalue weighted by Crippen LogP contribution is 2.17. The predicted molar refractivity (Wildman–Crippen MR) is 95.6 cm³/mol. The lowest BCUT2D eigenvalue weighted by atomic mass is 10.1. The van der Waals surface area contributed by atoms with Gasteiger partial charge in [0.1, 0.15) is 5.76 Å². The molecule has 2 amide bonds. The summed E-state index contributed by atoms with van der Waals surface area (Å²) in [6.45, 7) is 7.92. The van der Waals surface area contributed by atoms with Gasteiger partial charge in [0.25, 0.3) is 5.91 Å². The summed E-state index contributed by atoms with van der Waals surface area (Å²) >= 11 is 0. The molecule has 0 spiro atoms. The number of aryl methyl sites for hydroxylation is 1. The van der Waals surface area contributed by atoms with E-state index in [-0.39, 0.29) is 36.6 Å². The van der Waals surface area contributed by atoms with Crippen molar-refractivity contribution in [2.75, 3.05) is 13.7 Å². The van der Waals surface area contributed by atoms with E-state index in [2.05, 4.69) is 15.6 Å². The molecule has 1 N–H and O–H groups in total. The molecule has 0 bridgehead atoms. The SMILES string of the molecule is COCc1c(C(=O)NCc2cc3n(n2)CCN(C(=O)C(C)C)C3)noc1C. The van der Waals surface area contributed by atoms with Crippen molar-refractivity contribution in [1.29, 1.82) is 0 Å². The van der Waals surface area contributed by atoms with Crippen LogP contribution in [-0.2, 0) is 35.8 Å². The number of methoxy groups -OCH3 is 1. The predicted octanol–water partition coefficient (Wildman–Crippen LogP) is 1.25. The van der Waals surface area contributed by atoms with Crippen LogP contribution in [0.1, 0.15) is 47.0 Å². The Labute approximate surface area is 157 Å². The molecule has 3 rings (SSSR count). The summed E-state index contributed by atoms with van der Waals surface area (Å²) in [5.41, 5.74) is 2.58. The third-order valence-corrected chi connectivity index (χ3v) is 4.57. The van der Waals surface area contributed by atoms with E-state index in [1.807, 2.05) is 29.5 Å². The van der Waals surface area contributed by atoms with Gasteiger partial charge in [0.05, 0.1) is 43.2 Å². The molecule has 2 aromatic heterocycles. The molecule has 2 aromatic rings. The summed E-state index contributed by atoms with van der Waals surface area (Å²) in [6, 6.07) is 1.92. The Kier molecular flexibility index (Phi) is 5.59. The summed E-state index contributed by atoms with van der Waals surface area (Å²) < 4.78 is 12.1. The first-order valence-corrected chi connectivity index (χ1v) is 8.97. The minimum atomic E-state index is -0.332. The zero-order chi connectivity index (χ0) is 19.6. The largest absolute Gasteiger partial charge is 0.380 e. The zero-order valence-electron chi connectivity index (χ0n) is 16.1. The molecule has 0 unspecified atom stereocenters. The van der Waals surface area contributed by atoms with Gasteiger partial charge in [-0.25, -0.2) is 0 Å². The molecule has 0 aliphatic carbocycles. The highest BCUT2D eigenvalue weighted by atomic mass is 16.5. The maximum Gasteiger partial charge on any atom is 0.274 e. The minimum Gasteiger partial charge on any atom is -0.380 e. The Morgan fingerprint density at radius 3 is 2.85 bits per heavy atom. The number of fused-ring (bicyclic) bond motifs is 1. The quantitative estimate of drug-likeness (QED) is 0.815. The smallest absolute Gasteiger partial charge is 0.274 e. The summed E-state index contributed by atoms with van der Waals surface area (Å²) in [7, 11) is 1.55. The van der Waals surface area contributed by atoms with Crippen LogP contribution in [0.5, 0.6) is 0 Å². The Bertz CT molecular complexity index is 839. The molecule has 1 aliphatic rings. The standard InChI is InChI=1S/C18H25N5O4/c1-11(2)18(25)22-5-6-23-14(9-22)7-13(20-23)8-19-17(24)16-15(10-26-4)12(3)27-21-16/h7,11H,5-6,8-10H2,1-4H3,(H,19,24). The highest BCUT2D eigenvalue weighted by Gasteiger charge is 2.24. The average Bonchev–Trinajstić information content (AvgIpc) is 3.22. The topological polar surface area (TPSA) is 102 Å². The number of nitrogens with zero attached hydrogens (tertiary/aromatic N) is 4. The maximum atomic E-state index is 12.4. The lowest BCUT2D eigenvalue weighted by molar-refractivity contribution is -0.136. The van der Waals surface area contributed by atoms with E-state index < -0.39 is 0 Å². The number of nitrogens with one attached hydrogen (secondary N) is 1. The summed E-state index contributed by atoms with van der Waals surface area (Å²) in [6.07, 6.45) is 0. The molecule has 0 aromatic carbocycles. The zero-order valence-corrected chi connectivity index (χ0v) is 16.1. The van der Waals surface area contributed by atoms with E-state index in [0.29, 0.717) is 31.0 Å². The van der Waals surface area contributed by atoms with Gasteiger partial charge in [0.15, 0.2) is 5.69 Å². The second-order valence-corrected chi connectivity index (χ2v) is 6.95. The fraction of sp³-hybridized carbons (Fsp3) is 0.556. The first-order valence-electron chi connectivity index (χ1n) is 8.97. The third kappa shape index (κ3) is 4.02. The molecule has 1 aliphatic heterocycles. The lowest BCUT2D eigenvalue weighted by Crippen LogP contribution is -2.40. The molecule has 9 nitrogen and oxygen atoms in total. The molecule has 0 saturated heterocycles. The Balaban J connectivity index is 1.64. The van der Waals surface area contributed by atoms with E-state index in [1.165, 1.54) is 0 Å². The maximum absolute atomic E-state index is 12.4. The van der Waals surface area contributed by atoms with Crippen molar-refractivity contribution in [3.63, 3.8) is 0 Å². The van der Waals surface area contributed by atoms with Crippen molar-refractivity contribution < 1.29 is 18.8 Å². The van der Waals surface area contributed by atoms with E-state index in [4.69, 9.17) is 9.26 Å². The molecule has 0 fully saturated rings. The Hall–Kier alpha value is -2.68. The van der Waals surface area contributed by atoms with Crippen molar-refractivity contribution in [2.45, 2.75) is 47.0 Å². The normalized spacial score (nSPS) is 13.7. The van der Waals surface area contributed by atoms with Crippen molar-refractivity contribution >= 4 is 11.8 Å². The van der Waals surface area contributed by atoms with Gasteiger partial charge in [0, 0.05) is 19.6 Å². The van der Waals surface area contributed by atoms with Crippen LogP contribution in [-0.4, -0.2) is 45.3 Å². The van der Waals surface area contributed by atoms with Crippen LogP contribution in [0, 0.1) is 12.8 Å². The van der Waals surface area contributed by atoms with Gasteiger partial charge in [-0.2, -0.15) is 5.10 Å². The number of ether oxygens (including phenoxy) is 1. The number of rotatable bonds is 6. The molecular weight excluding hydrogens is 350 g/mol. The Morgan fingerprint density at radius 1 is 1.37 bits per heavy atom. The number of hydrogen-bond donors (Lipinski definition) is 1. The number of carbonyl (C=O) groups is 2. The average molecular weight is 375 g/mol. The van der Waals surface area contributed by atoms with Gasteiger partial charge in [-0.05, 0) is 13.0 Å². The second kappa shape index (κ2) is 7.91. The van der Waals surface area contributed by atoms with E-state index in [0.717, 1.165) is 11.4 Å². The number of aromatic nitrogens is 3. The van der Waals surface area contributed by atoms with Gasteiger partial charge < -0.3 is 19.5 Å². The summed E-state index contributed by atoms with van der Waals surface area (Å²) in [4.78, 5) is 26.4. The van der Waals surface area contributed by atoms with Crippen LogP contribution in [0.3, 0.4) is 0 Å². The first kappa shape index (κ1) is 19.1. The Morgan fingerprint density at radius 2 is 2.15 bits per heavy atom. The molecule has 0 saturated carbocycles. The van der Waals surface area contributed by atoms with Crippen molar-refractivity contribution in [3.05, 3.63) is 34.5 Å². The lowest BCUT2D eigenvalue weighted by Gasteiger charge is -2.29. The molecule has 146 valence electrons. The highest BCUT2D eigenvalue weighted by molar-refractivity contribution is 5.93. The van der Waals surface area contributed by atoms with E-state index in [1.54, 1.807) is 14.0 Å². The monoisotopic (exact) mass is 375 g/mol. The molecule has 3 heterocycles. The molecule has 9 heteroatoms. The van der Waals surface area contributed by atoms with Crippen LogP contribution in [0.15, 0.2) is 10.6 Å². The summed E-state index contributed by atoms with van der Waals surface area (Å²) in [5, 5.41) is 11.2. The van der Waals surface area contributed by atoms with Crippen molar-refractivity contribution in [2.24, 2.45) is 5.92 Å². The molecule has 27 heavy (non-hydrogen) atoms. The number of hydrogen-bond acceptors (Lipinski definition) is 6. The van der Waals surface area contributed by atoms with E-state index in [9.17, 15) is 9.59 Å². The van der Waals surface area contributed by atoms with E-state index >= 15 is 0 Å². The van der Waals surface area contributed by atoms with Crippen LogP contribution < -0.4 is 5.32 Å². The van der Waals surface area contributed by atoms with Gasteiger partial charge in [-0.3, -0.25) is 14.3 Å².